The number of anilines is 1. The van der Waals surface area contributed by atoms with E-state index < -0.39 is 5.97 Å². The summed E-state index contributed by atoms with van der Waals surface area (Å²) in [5, 5.41) is 11.7. The summed E-state index contributed by atoms with van der Waals surface area (Å²) in [5.41, 5.74) is 2.03. The third-order valence-electron chi connectivity index (χ3n) is 4.61. The number of carbonyl (C=O) groups excluding carboxylic acids is 2. The summed E-state index contributed by atoms with van der Waals surface area (Å²) in [6.45, 7) is 0.358. The number of carbonyl (C=O) groups is 3. The zero-order valence-corrected chi connectivity index (χ0v) is 12.8. The number of rotatable bonds is 5. The molecule has 0 radical (unpaired) electrons. The molecule has 23 heavy (non-hydrogen) atoms. The van der Waals surface area contributed by atoms with Gasteiger partial charge in [-0.25, -0.2) is 0 Å². The number of aliphatic carboxylic acids is 1. The van der Waals surface area contributed by atoms with Crippen LogP contribution in [0.1, 0.15) is 31.2 Å². The van der Waals surface area contributed by atoms with Gasteiger partial charge in [0.25, 0.3) is 0 Å². The molecule has 6 nitrogen and oxygen atoms in total. The van der Waals surface area contributed by atoms with Crippen LogP contribution in [0.25, 0.3) is 0 Å². The molecule has 1 aliphatic carbocycles. The van der Waals surface area contributed by atoms with Gasteiger partial charge in [0.05, 0.1) is 5.92 Å². The van der Waals surface area contributed by atoms with E-state index in [1.807, 2.05) is 24.3 Å². The van der Waals surface area contributed by atoms with Crippen molar-refractivity contribution in [2.24, 2.45) is 5.92 Å². The van der Waals surface area contributed by atoms with Gasteiger partial charge in [-0.05, 0) is 30.9 Å². The van der Waals surface area contributed by atoms with Crippen molar-refractivity contribution in [1.82, 2.24) is 5.32 Å². The van der Waals surface area contributed by atoms with Gasteiger partial charge in [-0.3, -0.25) is 14.4 Å². The van der Waals surface area contributed by atoms with Gasteiger partial charge in [0.2, 0.25) is 11.8 Å². The number of hydrogen-bond donors (Lipinski definition) is 2. The molecule has 0 atom stereocenters. The fourth-order valence-electron chi connectivity index (χ4n) is 3.19. The number of carboxylic acid groups (broad SMARTS) is 1. The number of aryl methyl sites for hydroxylation is 1. The fraction of sp³-hybridized carbons (Fsp3) is 0.471. The van der Waals surface area contributed by atoms with Gasteiger partial charge in [-0.15, -0.1) is 0 Å². The van der Waals surface area contributed by atoms with Gasteiger partial charge in [0, 0.05) is 31.1 Å². The lowest BCUT2D eigenvalue weighted by Gasteiger charge is -2.33. The number of nitrogens with zero attached hydrogens (tertiary/aromatic N) is 1. The molecule has 0 bridgehead atoms. The maximum Gasteiger partial charge on any atom is 0.306 e. The van der Waals surface area contributed by atoms with Crippen LogP contribution in [0.15, 0.2) is 24.3 Å². The van der Waals surface area contributed by atoms with Crippen molar-refractivity contribution in [1.29, 1.82) is 0 Å². The normalized spacial score (nSPS) is 23.0. The summed E-state index contributed by atoms with van der Waals surface area (Å²) in [6, 6.07) is 7.72. The molecule has 1 saturated carbocycles. The minimum Gasteiger partial charge on any atom is -0.481 e. The van der Waals surface area contributed by atoms with Crippen LogP contribution in [0.4, 0.5) is 5.69 Å². The van der Waals surface area contributed by atoms with Crippen LogP contribution < -0.4 is 10.2 Å². The van der Waals surface area contributed by atoms with E-state index in [0.29, 0.717) is 25.8 Å². The monoisotopic (exact) mass is 316 g/mol. The first-order valence-electron chi connectivity index (χ1n) is 7.95. The smallest absolute Gasteiger partial charge is 0.306 e. The highest BCUT2D eigenvalue weighted by atomic mass is 16.4. The highest BCUT2D eigenvalue weighted by Gasteiger charge is 2.35. The van der Waals surface area contributed by atoms with Crippen molar-refractivity contribution < 1.29 is 19.5 Å². The third kappa shape index (κ3) is 3.36. The van der Waals surface area contributed by atoms with E-state index >= 15 is 0 Å². The molecule has 0 saturated heterocycles. The lowest BCUT2D eigenvalue weighted by atomic mass is 9.80. The van der Waals surface area contributed by atoms with Gasteiger partial charge in [-0.1, -0.05) is 18.2 Å². The molecule has 2 N–H and O–H groups in total. The van der Waals surface area contributed by atoms with E-state index in [4.69, 9.17) is 5.11 Å². The second-order valence-corrected chi connectivity index (χ2v) is 6.20. The summed E-state index contributed by atoms with van der Waals surface area (Å²) >= 11 is 0. The summed E-state index contributed by atoms with van der Waals surface area (Å²) < 4.78 is 0. The largest absolute Gasteiger partial charge is 0.481 e. The highest BCUT2D eigenvalue weighted by Crippen LogP contribution is 2.28. The molecule has 3 rings (SSSR count). The molecule has 1 aliphatic heterocycles. The Kier molecular flexibility index (Phi) is 4.32. The number of benzene rings is 1. The standard InChI is InChI=1S/C17H20N2O4/c20-15(18-13-9-12(10-13)17(22)23)7-8-19-14-4-2-1-3-11(14)5-6-16(19)21/h1-4,12-13H,5-10H2,(H,18,20)(H,22,23). The molecule has 0 spiro atoms. The molecule has 1 aromatic rings. The highest BCUT2D eigenvalue weighted by molar-refractivity contribution is 5.97. The van der Waals surface area contributed by atoms with Crippen LogP contribution in [-0.2, 0) is 20.8 Å². The van der Waals surface area contributed by atoms with Crippen molar-refractivity contribution in [2.45, 2.75) is 38.1 Å². The fourth-order valence-corrected chi connectivity index (χ4v) is 3.19. The molecule has 6 heteroatoms. The maximum absolute atomic E-state index is 12.1. The van der Waals surface area contributed by atoms with Gasteiger partial charge < -0.3 is 15.3 Å². The first-order valence-corrected chi connectivity index (χ1v) is 7.95. The summed E-state index contributed by atoms with van der Waals surface area (Å²) in [5.74, 6) is -1.22. The Hall–Kier alpha value is -2.37. The van der Waals surface area contributed by atoms with E-state index in [9.17, 15) is 14.4 Å². The Balaban J connectivity index is 1.51. The van der Waals surface area contributed by atoms with Crippen LogP contribution in [-0.4, -0.2) is 35.5 Å². The summed E-state index contributed by atoms with van der Waals surface area (Å²) in [7, 11) is 0. The number of nitrogens with one attached hydrogen (secondary N) is 1. The average molecular weight is 316 g/mol. The number of carboxylic acids is 1. The van der Waals surface area contributed by atoms with Crippen LogP contribution in [0.3, 0.4) is 0 Å². The lowest BCUT2D eigenvalue weighted by molar-refractivity contribution is -0.146. The van der Waals surface area contributed by atoms with E-state index in [1.165, 1.54) is 0 Å². The molecule has 0 aromatic heterocycles. The second kappa shape index (κ2) is 6.40. The minimum atomic E-state index is -0.800. The average Bonchev–Trinajstić information content (AvgIpc) is 2.49. The molecule has 122 valence electrons. The quantitative estimate of drug-likeness (QED) is 0.858. The summed E-state index contributed by atoms with van der Waals surface area (Å²) in [4.78, 5) is 36.5. The lowest BCUT2D eigenvalue weighted by Crippen LogP contribution is -2.47. The van der Waals surface area contributed by atoms with Crippen molar-refractivity contribution in [3.05, 3.63) is 29.8 Å². The minimum absolute atomic E-state index is 0.0473. The maximum atomic E-state index is 12.1. The Morgan fingerprint density at radius 2 is 1.96 bits per heavy atom. The van der Waals surface area contributed by atoms with E-state index in [2.05, 4.69) is 5.32 Å². The van der Waals surface area contributed by atoms with Gasteiger partial charge in [0.15, 0.2) is 0 Å². The molecule has 1 fully saturated rings. The van der Waals surface area contributed by atoms with E-state index in [1.54, 1.807) is 4.90 Å². The predicted molar refractivity (Wildman–Crippen MR) is 84.0 cm³/mol. The third-order valence-corrected chi connectivity index (χ3v) is 4.61. The van der Waals surface area contributed by atoms with E-state index in [0.717, 1.165) is 17.7 Å². The van der Waals surface area contributed by atoms with E-state index in [-0.39, 0.29) is 30.2 Å². The van der Waals surface area contributed by atoms with Gasteiger partial charge >= 0.3 is 5.97 Å². The van der Waals surface area contributed by atoms with Crippen LogP contribution in [0.2, 0.25) is 0 Å². The number of hydrogen-bond acceptors (Lipinski definition) is 3. The molecular formula is C17H20N2O4. The molecule has 2 amide bonds. The zero-order valence-electron chi connectivity index (χ0n) is 12.8. The SMILES string of the molecule is O=C(CCN1C(=O)CCc2ccccc21)NC1CC(C(=O)O)C1. The molecule has 1 aromatic carbocycles. The first kappa shape index (κ1) is 15.5. The number of fused-ring (bicyclic) bond motifs is 1. The second-order valence-electron chi connectivity index (χ2n) is 6.20. The van der Waals surface area contributed by atoms with Crippen molar-refractivity contribution in [3.8, 4) is 0 Å². The Morgan fingerprint density at radius 1 is 1.22 bits per heavy atom. The molecule has 2 aliphatic rings. The van der Waals surface area contributed by atoms with Gasteiger partial charge in [0.1, 0.15) is 0 Å². The molecule has 1 heterocycles. The topological polar surface area (TPSA) is 86.7 Å². The van der Waals surface area contributed by atoms with Crippen LogP contribution >= 0.6 is 0 Å². The Bertz CT molecular complexity index is 637. The number of para-hydroxylation sites is 1. The summed E-state index contributed by atoms with van der Waals surface area (Å²) in [6.07, 6.45) is 2.44. The Labute approximate surface area is 134 Å². The zero-order chi connectivity index (χ0) is 16.4. The molecule has 0 unspecified atom stereocenters. The molecular weight excluding hydrogens is 296 g/mol. The predicted octanol–water partition coefficient (Wildman–Crippen LogP) is 1.34. The number of amides is 2. The Morgan fingerprint density at radius 3 is 2.70 bits per heavy atom. The van der Waals surface area contributed by atoms with Crippen LogP contribution in [0, 0.1) is 5.92 Å². The van der Waals surface area contributed by atoms with Gasteiger partial charge in [-0.2, -0.15) is 0 Å². The van der Waals surface area contributed by atoms with Crippen LogP contribution in [0.5, 0.6) is 0 Å². The van der Waals surface area contributed by atoms with Crippen molar-refractivity contribution in [2.75, 3.05) is 11.4 Å². The van der Waals surface area contributed by atoms with Crippen molar-refractivity contribution in [3.63, 3.8) is 0 Å². The first-order chi connectivity index (χ1) is 11.0. The van der Waals surface area contributed by atoms with Crippen molar-refractivity contribution >= 4 is 23.5 Å².